The van der Waals surface area contributed by atoms with Crippen LogP contribution < -0.4 is 10.1 Å². The quantitative estimate of drug-likeness (QED) is 0.584. The molecule has 0 aliphatic heterocycles. The molecule has 1 N–H and O–H groups in total. The van der Waals surface area contributed by atoms with Gasteiger partial charge in [-0.3, -0.25) is 4.79 Å². The lowest BCUT2D eigenvalue weighted by molar-refractivity contribution is -0.126. The Morgan fingerprint density at radius 3 is 2.92 bits per heavy atom. The number of thiazole rings is 1. The van der Waals surface area contributed by atoms with E-state index >= 15 is 0 Å². The Morgan fingerprint density at radius 1 is 1.19 bits per heavy atom. The number of hydrogen-bond donors (Lipinski definition) is 1. The molecule has 0 fully saturated rings. The van der Waals surface area contributed by atoms with Crippen LogP contribution in [0.2, 0.25) is 0 Å². The van der Waals surface area contributed by atoms with Crippen molar-refractivity contribution in [1.82, 2.24) is 10.3 Å². The normalized spacial score (nSPS) is 10.8. The number of rotatable bonds is 9. The van der Waals surface area contributed by atoms with Crippen LogP contribution in [-0.2, 0) is 16.1 Å². The van der Waals surface area contributed by atoms with Crippen molar-refractivity contribution >= 4 is 27.5 Å². The van der Waals surface area contributed by atoms with Crippen LogP contribution in [0.15, 0.2) is 48.5 Å². The summed E-state index contributed by atoms with van der Waals surface area (Å²) in [6.45, 7) is 3.55. The Kier molecular flexibility index (Phi) is 6.57. The predicted octanol–water partition coefficient (Wildman–Crippen LogP) is 3.71. The van der Waals surface area contributed by atoms with E-state index in [2.05, 4.69) is 10.3 Å². The van der Waals surface area contributed by atoms with E-state index in [1.54, 1.807) is 11.3 Å². The van der Waals surface area contributed by atoms with Gasteiger partial charge in [-0.15, -0.1) is 11.3 Å². The van der Waals surface area contributed by atoms with Crippen LogP contribution in [0.25, 0.3) is 10.2 Å². The lowest BCUT2D eigenvalue weighted by Gasteiger charge is -2.08. The fourth-order valence-electron chi connectivity index (χ4n) is 2.46. The van der Waals surface area contributed by atoms with Gasteiger partial charge in [0.05, 0.1) is 23.4 Å². The molecule has 1 amide bonds. The number of aryl methyl sites for hydroxylation is 1. The van der Waals surface area contributed by atoms with Gasteiger partial charge < -0.3 is 14.8 Å². The SMILES string of the molecule is Cc1cccc(OCCCNC(=O)COCc2nc3ccccc3s2)c1. The molecule has 0 saturated heterocycles. The summed E-state index contributed by atoms with van der Waals surface area (Å²) < 4.78 is 12.2. The molecular formula is C20H22N2O3S. The van der Waals surface area contributed by atoms with E-state index in [4.69, 9.17) is 9.47 Å². The average molecular weight is 370 g/mol. The molecule has 0 saturated carbocycles. The van der Waals surface area contributed by atoms with Crippen molar-refractivity contribution in [3.05, 3.63) is 59.1 Å². The molecule has 0 bridgehead atoms. The molecule has 3 rings (SSSR count). The Balaban J connectivity index is 1.28. The highest BCUT2D eigenvalue weighted by Gasteiger charge is 2.05. The molecule has 0 atom stereocenters. The number of benzene rings is 2. The maximum Gasteiger partial charge on any atom is 0.246 e. The lowest BCUT2D eigenvalue weighted by Crippen LogP contribution is -2.29. The molecular weight excluding hydrogens is 348 g/mol. The van der Waals surface area contributed by atoms with Gasteiger partial charge in [-0.2, -0.15) is 0 Å². The number of fused-ring (bicyclic) bond motifs is 1. The Hall–Kier alpha value is -2.44. The largest absolute Gasteiger partial charge is 0.494 e. The van der Waals surface area contributed by atoms with Gasteiger partial charge >= 0.3 is 0 Å². The van der Waals surface area contributed by atoms with E-state index in [-0.39, 0.29) is 12.5 Å². The molecule has 0 spiro atoms. The maximum atomic E-state index is 11.8. The van der Waals surface area contributed by atoms with Crippen molar-refractivity contribution in [2.24, 2.45) is 0 Å². The number of ether oxygens (including phenoxy) is 2. The lowest BCUT2D eigenvalue weighted by atomic mass is 10.2. The summed E-state index contributed by atoms with van der Waals surface area (Å²) in [5.41, 5.74) is 2.13. The first kappa shape index (κ1) is 18.4. The van der Waals surface area contributed by atoms with E-state index in [1.165, 1.54) is 5.56 Å². The summed E-state index contributed by atoms with van der Waals surface area (Å²) in [6, 6.07) is 15.9. The topological polar surface area (TPSA) is 60.5 Å². The van der Waals surface area contributed by atoms with Crippen molar-refractivity contribution < 1.29 is 14.3 Å². The summed E-state index contributed by atoms with van der Waals surface area (Å²) in [5.74, 6) is 0.733. The van der Waals surface area contributed by atoms with Gasteiger partial charge in [0, 0.05) is 6.54 Å². The number of amides is 1. The summed E-state index contributed by atoms with van der Waals surface area (Å²) in [5, 5.41) is 3.71. The van der Waals surface area contributed by atoms with Gasteiger partial charge in [0.1, 0.15) is 17.4 Å². The Bertz CT molecular complexity index is 830. The summed E-state index contributed by atoms with van der Waals surface area (Å²) in [6.07, 6.45) is 0.748. The molecule has 0 unspecified atom stereocenters. The van der Waals surface area contributed by atoms with Gasteiger partial charge in [0.2, 0.25) is 5.91 Å². The molecule has 0 aliphatic carbocycles. The van der Waals surface area contributed by atoms with Crippen molar-refractivity contribution in [2.75, 3.05) is 19.8 Å². The Morgan fingerprint density at radius 2 is 2.08 bits per heavy atom. The molecule has 3 aromatic rings. The first-order valence-electron chi connectivity index (χ1n) is 8.59. The fourth-order valence-corrected chi connectivity index (χ4v) is 3.36. The van der Waals surface area contributed by atoms with E-state index in [0.717, 1.165) is 27.4 Å². The van der Waals surface area contributed by atoms with Crippen LogP contribution in [0.5, 0.6) is 5.75 Å². The molecule has 136 valence electrons. The minimum absolute atomic E-state index is 0.0364. The van der Waals surface area contributed by atoms with Crippen molar-refractivity contribution in [3.8, 4) is 5.75 Å². The minimum atomic E-state index is -0.123. The monoisotopic (exact) mass is 370 g/mol. The van der Waals surface area contributed by atoms with Crippen LogP contribution in [0.4, 0.5) is 0 Å². The summed E-state index contributed by atoms with van der Waals surface area (Å²) in [4.78, 5) is 16.3. The third kappa shape index (κ3) is 5.54. The number of para-hydroxylation sites is 1. The van der Waals surface area contributed by atoms with Crippen molar-refractivity contribution in [1.29, 1.82) is 0 Å². The zero-order valence-corrected chi connectivity index (χ0v) is 15.6. The molecule has 1 heterocycles. The second-order valence-electron chi connectivity index (χ2n) is 5.94. The third-order valence-corrected chi connectivity index (χ3v) is 4.71. The highest BCUT2D eigenvalue weighted by atomic mass is 32.1. The molecule has 0 radical (unpaired) electrons. The number of nitrogens with zero attached hydrogens (tertiary/aromatic N) is 1. The molecule has 2 aromatic carbocycles. The average Bonchev–Trinajstić information content (AvgIpc) is 3.04. The molecule has 26 heavy (non-hydrogen) atoms. The van der Waals surface area contributed by atoms with Crippen LogP contribution in [-0.4, -0.2) is 30.6 Å². The molecule has 1 aromatic heterocycles. The first-order chi connectivity index (χ1) is 12.7. The second-order valence-corrected chi connectivity index (χ2v) is 7.05. The molecule has 5 nitrogen and oxygen atoms in total. The fraction of sp³-hybridized carbons (Fsp3) is 0.300. The van der Waals surface area contributed by atoms with Gasteiger partial charge in [-0.05, 0) is 43.2 Å². The van der Waals surface area contributed by atoms with Crippen LogP contribution in [0.1, 0.15) is 17.0 Å². The van der Waals surface area contributed by atoms with E-state index in [0.29, 0.717) is 19.8 Å². The van der Waals surface area contributed by atoms with E-state index in [9.17, 15) is 4.79 Å². The van der Waals surface area contributed by atoms with Crippen LogP contribution in [0.3, 0.4) is 0 Å². The highest BCUT2D eigenvalue weighted by molar-refractivity contribution is 7.18. The van der Waals surface area contributed by atoms with E-state index < -0.39 is 0 Å². The number of carbonyl (C=O) groups is 1. The summed E-state index contributed by atoms with van der Waals surface area (Å²) in [7, 11) is 0. The number of aromatic nitrogens is 1. The van der Waals surface area contributed by atoms with Gasteiger partial charge in [-0.25, -0.2) is 4.98 Å². The molecule has 0 aliphatic rings. The number of nitrogens with one attached hydrogen (secondary N) is 1. The van der Waals surface area contributed by atoms with Crippen molar-refractivity contribution in [2.45, 2.75) is 20.0 Å². The predicted molar refractivity (Wildman–Crippen MR) is 104 cm³/mol. The van der Waals surface area contributed by atoms with Gasteiger partial charge in [0.15, 0.2) is 0 Å². The van der Waals surface area contributed by atoms with Gasteiger partial charge in [-0.1, -0.05) is 24.3 Å². The number of carbonyl (C=O) groups excluding carboxylic acids is 1. The first-order valence-corrected chi connectivity index (χ1v) is 9.41. The maximum absolute atomic E-state index is 11.8. The highest BCUT2D eigenvalue weighted by Crippen LogP contribution is 2.21. The minimum Gasteiger partial charge on any atom is -0.494 e. The molecule has 6 heteroatoms. The summed E-state index contributed by atoms with van der Waals surface area (Å²) >= 11 is 1.59. The zero-order chi connectivity index (χ0) is 18.2. The van der Waals surface area contributed by atoms with E-state index in [1.807, 2.05) is 55.5 Å². The zero-order valence-electron chi connectivity index (χ0n) is 14.7. The standard InChI is InChI=1S/C20H22N2O3S/c1-15-6-4-7-16(12-15)25-11-5-10-21-19(23)13-24-14-20-22-17-8-2-3-9-18(17)26-20/h2-4,6-9,12H,5,10-11,13-14H2,1H3,(H,21,23). The van der Waals surface area contributed by atoms with Crippen LogP contribution in [0, 0.1) is 6.92 Å². The number of hydrogen-bond acceptors (Lipinski definition) is 5. The third-order valence-electron chi connectivity index (χ3n) is 3.70. The van der Waals surface area contributed by atoms with Crippen molar-refractivity contribution in [3.63, 3.8) is 0 Å². The van der Waals surface area contributed by atoms with Crippen LogP contribution >= 0.6 is 11.3 Å². The smallest absolute Gasteiger partial charge is 0.246 e. The Labute approximate surface area is 157 Å². The van der Waals surface area contributed by atoms with Gasteiger partial charge in [0.25, 0.3) is 0 Å². The second kappa shape index (κ2) is 9.31.